The number of nitrogens with zero attached hydrogens (tertiary/aromatic N) is 11. The van der Waals surface area contributed by atoms with Crippen molar-refractivity contribution in [3.63, 3.8) is 0 Å². The maximum Gasteiger partial charge on any atom is 0.411 e. The first kappa shape index (κ1) is 138. The number of rotatable bonds is 21. The van der Waals surface area contributed by atoms with Crippen molar-refractivity contribution < 1.29 is 121 Å². The Labute approximate surface area is 861 Å². The third kappa shape index (κ3) is 61.0. The molecule has 0 radical (unpaired) electrons. The van der Waals surface area contributed by atoms with Gasteiger partial charge in [0.1, 0.15) is 55.1 Å². The van der Waals surface area contributed by atoms with Gasteiger partial charge in [0.25, 0.3) is 9.05 Å². The monoisotopic (exact) mass is 2160 g/mol. The Morgan fingerprint density at radius 3 is 1.05 bits per heavy atom. The summed E-state index contributed by atoms with van der Waals surface area (Å²) < 4.78 is 115. The van der Waals surface area contributed by atoms with Gasteiger partial charge >= 0.3 is 59.7 Å². The summed E-state index contributed by atoms with van der Waals surface area (Å²) in [5.41, 5.74) is 0.0715. The highest BCUT2D eigenvalue weighted by Crippen LogP contribution is 2.31. The first-order chi connectivity index (χ1) is 62.7. The number of hydrogen-bond donors (Lipinski definition) is 6. The molecule has 50 heteroatoms. The summed E-state index contributed by atoms with van der Waals surface area (Å²) in [4.78, 5) is 145. The van der Waals surface area contributed by atoms with E-state index in [1.807, 2.05) is 83.1 Å². The average Bonchev–Trinajstić information content (AvgIpc) is 1.65. The Bertz CT molecular complexity index is 4400. The maximum atomic E-state index is 12.8. The van der Waals surface area contributed by atoms with Crippen LogP contribution in [0.15, 0.2) is 16.3 Å². The first-order valence-corrected chi connectivity index (χ1v) is 53.9. The van der Waals surface area contributed by atoms with Crippen LogP contribution in [-0.4, -0.2) is 382 Å². The van der Waals surface area contributed by atoms with Gasteiger partial charge in [0.15, 0.2) is 6.04 Å². The average molecular weight is 2160 g/mol. The van der Waals surface area contributed by atoms with Gasteiger partial charge in [-0.15, -0.1) is 24.8 Å². The molecule has 6 rings (SSSR count). The van der Waals surface area contributed by atoms with Gasteiger partial charge in [0.05, 0.1) is 42.6 Å². The second-order valence-electron chi connectivity index (χ2n) is 44.5. The lowest BCUT2D eigenvalue weighted by Gasteiger charge is -2.43. The van der Waals surface area contributed by atoms with E-state index >= 15 is 0 Å². The minimum atomic E-state index is -3.83. The third-order valence-electron chi connectivity index (χ3n) is 18.5. The molecular formula is C91H175Cl3N16O27S4. The van der Waals surface area contributed by atoms with Crippen molar-refractivity contribution >= 4 is 142 Å². The molecule has 0 saturated carbocycles. The molecule has 5 aliphatic rings. The van der Waals surface area contributed by atoms with Crippen molar-refractivity contribution in [1.82, 2.24) is 69.1 Å². The molecule has 0 spiro atoms. The Hall–Kier alpha value is -7.32. The van der Waals surface area contributed by atoms with Crippen LogP contribution >= 0.6 is 46.8 Å². The zero-order valence-electron chi connectivity index (χ0n) is 90.6. The molecule has 0 unspecified atom stereocenters. The summed E-state index contributed by atoms with van der Waals surface area (Å²) in [6.45, 7) is 72.8. The lowest BCUT2D eigenvalue weighted by molar-refractivity contribution is -0.380. The molecular weight excluding hydrogens is 1980 g/mol. The molecule has 1 aromatic heterocycles. The number of carboxylic acid groups (broad SMARTS) is 1. The van der Waals surface area contributed by atoms with E-state index < -0.39 is 139 Å². The van der Waals surface area contributed by atoms with Gasteiger partial charge < -0.3 is 99.4 Å². The van der Waals surface area contributed by atoms with Gasteiger partial charge in [-0.1, -0.05) is 69.2 Å². The number of piperazine rings is 5. The van der Waals surface area contributed by atoms with E-state index in [4.69, 9.17) is 54.3 Å². The standard InChI is InChI=1S/C20H39N3O6S.C19H35N3O5.C19H37N3O4.C15H26N2O6.C10H23N3O2S.C4H2ClNO4S2.C4H11N.2ClH/c1-15(2)12-22(30(9,26)27)14-16-13-21(17(24)28-19(3,4)5)10-11-23(16)18(25)29-20(6,7)8;1-13(2)11-20-15(23)14-12-21(16(24)26-18(3,4)5)9-10-22(14)17(25)27-19(6,7)8;1-14(2)11-20-12-15-13-21(16(23)25-18(3,4)5)9-10-22(15)17(24)26-19(6,7)8;1-14(2,3)22-12(20)16-7-8-17(10(9-16)11(18)19)13(21)23-15(4,5)6;1-9(2)7-13(16(3,14)15)8-10-6-11-4-5-12-10;5-12(9,10)4-2-1-3(11-4)6(7)8;1-4(2)3-5;;/h15-16H,10-14H2,1-9H3;13-14H,9-12H2,1-8H3,(H,20,23);14-15,20H,9-13H2,1-8H3;10H,7-9H2,1-6H3,(H,18,19);9-12H,4-8H2,1-3H3;1-2H;4H,3,5H2,1-2H3;2*1H/t16-;14-;15-;2*10-;;;;/m11011..../s1. The summed E-state index contributed by atoms with van der Waals surface area (Å²) in [5.74, 6) is 0.415. The molecule has 7 N–H and O–H groups in total. The fourth-order valence-corrected chi connectivity index (χ4v) is 16.4. The maximum absolute atomic E-state index is 12.8. The van der Waals surface area contributed by atoms with E-state index in [0.29, 0.717) is 81.4 Å². The predicted molar refractivity (Wildman–Crippen MR) is 551 cm³/mol. The van der Waals surface area contributed by atoms with Crippen LogP contribution in [0.1, 0.15) is 235 Å². The molecule has 5 saturated heterocycles. The number of carbonyl (C=O) groups excluding carboxylic acids is 9. The minimum Gasteiger partial charge on any atom is -0.480 e. The van der Waals surface area contributed by atoms with Crippen molar-refractivity contribution in [2.75, 3.05) is 163 Å². The van der Waals surface area contributed by atoms with Crippen molar-refractivity contribution in [2.24, 2.45) is 35.3 Å². The molecule has 141 heavy (non-hydrogen) atoms. The smallest absolute Gasteiger partial charge is 0.411 e. The van der Waals surface area contributed by atoms with Gasteiger partial charge in [-0.05, 0) is 226 Å². The topological polar surface area (TPSA) is 517 Å². The number of aliphatic carboxylic acids is 1. The van der Waals surface area contributed by atoms with Crippen LogP contribution in [-0.2, 0) is 76.6 Å². The number of sulfonamides is 2. The van der Waals surface area contributed by atoms with E-state index in [1.54, 1.807) is 139 Å². The molecule has 9 amide bonds. The molecule has 5 aliphatic heterocycles. The van der Waals surface area contributed by atoms with Crippen LogP contribution in [0.2, 0.25) is 0 Å². The van der Waals surface area contributed by atoms with Gasteiger partial charge in [-0.2, -0.15) is 4.31 Å². The number of nitrogens with one attached hydrogen (secondary N) is 4. The number of hydrogen-bond acceptors (Lipinski definition) is 31. The molecule has 0 bridgehead atoms. The van der Waals surface area contributed by atoms with E-state index in [9.17, 15) is 88.4 Å². The van der Waals surface area contributed by atoms with E-state index in [2.05, 4.69) is 49.0 Å². The second-order valence-corrected chi connectivity index (χ2v) is 52.3. The zero-order valence-corrected chi connectivity index (χ0v) is 96.2. The number of thiophene rings is 1. The van der Waals surface area contributed by atoms with Crippen LogP contribution in [0.4, 0.5) is 43.4 Å². The zero-order chi connectivity index (χ0) is 108. The molecule has 5 atom stereocenters. The predicted octanol–water partition coefficient (Wildman–Crippen LogP) is 12.9. The van der Waals surface area contributed by atoms with Crippen LogP contribution in [0.5, 0.6) is 0 Å². The van der Waals surface area contributed by atoms with Gasteiger partial charge in [0.2, 0.25) is 26.0 Å². The van der Waals surface area contributed by atoms with Crippen molar-refractivity contribution in [3.8, 4) is 0 Å². The Balaban J connectivity index is -0.00000163. The van der Waals surface area contributed by atoms with Crippen LogP contribution in [0.3, 0.4) is 0 Å². The number of carboxylic acids is 1. The van der Waals surface area contributed by atoms with Crippen LogP contribution in [0, 0.1) is 39.7 Å². The Morgan fingerprint density at radius 2 is 0.766 bits per heavy atom. The van der Waals surface area contributed by atoms with Gasteiger partial charge in [-0.3, -0.25) is 24.7 Å². The fraction of sp³-hybridized carbons (Fsp3) is 0.846. The highest BCUT2D eigenvalue weighted by Gasteiger charge is 2.45. The van der Waals surface area contributed by atoms with Crippen LogP contribution < -0.4 is 27.0 Å². The van der Waals surface area contributed by atoms with Crippen LogP contribution in [0.25, 0.3) is 0 Å². The number of halogens is 3. The lowest BCUT2D eigenvalue weighted by Crippen LogP contribution is -2.62. The van der Waals surface area contributed by atoms with Gasteiger partial charge in [-0.25, -0.2) is 72.7 Å². The molecule has 0 aromatic carbocycles. The summed E-state index contributed by atoms with van der Waals surface area (Å²) in [7, 11) is -5.48. The SMILES string of the molecule is CC(C)(C)OC(=O)N1CCN(C(=O)OC(C)(C)C)[C@@H](C(=O)O)C1.CC(C)CN.CC(C)CN(C[C@H]1CN(C(=O)OC(C)(C)C)CCN1C(=O)OC(C)(C)C)S(C)(=O)=O.CC(C)CN(C[C@H]1CNCCN1)S(C)(=O)=O.CC(C)CNC(=O)[C@H]1CN(C(=O)OC(C)(C)C)CCN1C(=O)OC(C)(C)C.CC(C)CNC[C@H]1CN(C(=O)OC(C)(C)C)CCN1C(=O)OC(C)(C)C.Cl.Cl.O=[N+]([O-])c1ccc(S(=O)(=O)Cl)s1. The number of nitro groups is 1. The molecule has 826 valence electrons. The fourth-order valence-electron chi connectivity index (χ4n) is 12.5. The van der Waals surface area contributed by atoms with Crippen molar-refractivity contribution in [3.05, 3.63) is 22.2 Å². The van der Waals surface area contributed by atoms with Gasteiger partial charge in [0, 0.05) is 147 Å². The first-order valence-electron chi connectivity index (χ1n) is 47.1. The highest BCUT2D eigenvalue weighted by molar-refractivity contribution is 8.15. The number of carbonyl (C=O) groups is 10. The summed E-state index contributed by atoms with van der Waals surface area (Å²) in [6.07, 6.45) is -1.58. The highest BCUT2D eigenvalue weighted by atomic mass is 35.7. The number of nitrogens with two attached hydrogens (primary N) is 1. The largest absolute Gasteiger partial charge is 0.480 e. The van der Waals surface area contributed by atoms with Crippen molar-refractivity contribution in [2.45, 2.75) is 315 Å². The molecule has 1 aromatic rings. The molecule has 43 nitrogen and oxygen atoms in total. The summed E-state index contributed by atoms with van der Waals surface area (Å²) in [6, 6.07) is -0.252. The Morgan fingerprint density at radius 1 is 0.461 bits per heavy atom. The number of ether oxygens (including phenoxy) is 8. The summed E-state index contributed by atoms with van der Waals surface area (Å²) >= 11 is 0.529. The van der Waals surface area contributed by atoms with E-state index in [1.165, 1.54) is 35.1 Å². The molecule has 6 heterocycles. The normalized spacial score (nSPS) is 18.0. The minimum absolute atomic E-state index is 0. The number of amides is 9. The third-order valence-corrected chi connectivity index (χ3v) is 24.2. The second kappa shape index (κ2) is 60.1. The van der Waals surface area contributed by atoms with Crippen molar-refractivity contribution in [1.29, 1.82) is 0 Å². The van der Waals surface area contributed by atoms with E-state index in [-0.39, 0.29) is 141 Å². The molecule has 0 aliphatic carbocycles. The summed E-state index contributed by atoms with van der Waals surface area (Å²) in [5, 5.41) is 32.0. The molecule has 5 fully saturated rings. The quantitative estimate of drug-likeness (QED) is 0.0288. The Kier molecular flexibility index (Phi) is 58.7. The van der Waals surface area contributed by atoms with E-state index in [0.717, 1.165) is 56.0 Å². The lowest BCUT2D eigenvalue weighted by atomic mass is 10.1.